The van der Waals surface area contributed by atoms with Crippen LogP contribution in [0, 0.1) is 0 Å². The molecule has 4 rings (SSSR count). The summed E-state index contributed by atoms with van der Waals surface area (Å²) in [5.74, 6) is 0.0499. The Kier molecular flexibility index (Phi) is 3.46. The van der Waals surface area contributed by atoms with Crippen LogP contribution in [-0.4, -0.2) is 40.1 Å². The molecule has 0 atom stereocenters. The van der Waals surface area contributed by atoms with Gasteiger partial charge in [-0.1, -0.05) is 25.0 Å². The van der Waals surface area contributed by atoms with E-state index in [1.165, 1.54) is 24.2 Å². The van der Waals surface area contributed by atoms with Crippen molar-refractivity contribution in [3.63, 3.8) is 0 Å². The number of hydrogen-bond acceptors (Lipinski definition) is 4. The molecule has 1 saturated heterocycles. The average Bonchev–Trinajstić information content (AvgIpc) is 3.11. The van der Waals surface area contributed by atoms with Gasteiger partial charge in [0.25, 0.3) is 5.91 Å². The van der Waals surface area contributed by atoms with Crippen LogP contribution in [-0.2, 0) is 4.74 Å². The van der Waals surface area contributed by atoms with Crippen molar-refractivity contribution in [2.45, 2.75) is 50.7 Å². The molecule has 23 heavy (non-hydrogen) atoms. The fourth-order valence-corrected chi connectivity index (χ4v) is 4.97. The smallest absolute Gasteiger partial charge is 0.283 e. The molecule has 0 radical (unpaired) electrons. The number of ether oxygens (including phenoxy) is 1. The zero-order valence-electron chi connectivity index (χ0n) is 13.7. The van der Waals surface area contributed by atoms with Gasteiger partial charge in [-0.15, -0.1) is 11.3 Å². The van der Waals surface area contributed by atoms with Crippen LogP contribution >= 0.6 is 11.3 Å². The maximum absolute atomic E-state index is 13.0. The van der Waals surface area contributed by atoms with E-state index in [-0.39, 0.29) is 17.1 Å². The summed E-state index contributed by atoms with van der Waals surface area (Å²) in [4.78, 5) is 19.5. The van der Waals surface area contributed by atoms with Crippen LogP contribution in [0.4, 0.5) is 0 Å². The van der Waals surface area contributed by atoms with E-state index in [0.717, 1.165) is 23.1 Å². The molecule has 4 nitrogen and oxygen atoms in total. The van der Waals surface area contributed by atoms with Crippen molar-refractivity contribution in [3.8, 4) is 0 Å². The molecule has 2 aromatic rings. The third-order valence-electron chi connectivity index (χ3n) is 4.82. The summed E-state index contributed by atoms with van der Waals surface area (Å²) in [6, 6.07) is 7.93. The van der Waals surface area contributed by atoms with Gasteiger partial charge < -0.3 is 9.64 Å². The highest BCUT2D eigenvalue weighted by atomic mass is 32.1. The van der Waals surface area contributed by atoms with Gasteiger partial charge in [0.15, 0.2) is 5.01 Å². The Bertz CT molecular complexity index is 713. The quantitative estimate of drug-likeness (QED) is 0.797. The Balaban J connectivity index is 1.64. The minimum Gasteiger partial charge on any atom is -0.365 e. The number of amides is 1. The number of fused-ring (bicyclic) bond motifs is 1. The molecule has 1 saturated carbocycles. The molecule has 5 heteroatoms. The Morgan fingerprint density at radius 3 is 2.70 bits per heavy atom. The van der Waals surface area contributed by atoms with Gasteiger partial charge in [0.1, 0.15) is 0 Å². The molecule has 0 unspecified atom stereocenters. The maximum Gasteiger partial charge on any atom is 0.283 e. The van der Waals surface area contributed by atoms with Crippen molar-refractivity contribution in [1.82, 2.24) is 9.88 Å². The second kappa shape index (κ2) is 5.28. The molecule has 1 aliphatic carbocycles. The van der Waals surface area contributed by atoms with Crippen LogP contribution in [0.1, 0.15) is 49.3 Å². The molecule has 2 aliphatic rings. The number of aromatic nitrogens is 1. The predicted octanol–water partition coefficient (Wildman–Crippen LogP) is 3.86. The summed E-state index contributed by atoms with van der Waals surface area (Å²) >= 11 is 1.49. The molecular formula is C18H22N2O2S. The first-order chi connectivity index (χ1) is 11.0. The molecule has 122 valence electrons. The fourth-order valence-electron chi connectivity index (χ4n) is 4.04. The van der Waals surface area contributed by atoms with Crippen LogP contribution in [0.25, 0.3) is 10.2 Å². The lowest BCUT2D eigenvalue weighted by Gasteiger charge is -2.48. The summed E-state index contributed by atoms with van der Waals surface area (Å²) in [6.45, 7) is 5.50. The Morgan fingerprint density at radius 1 is 1.22 bits per heavy atom. The third-order valence-corrected chi connectivity index (χ3v) is 5.85. The van der Waals surface area contributed by atoms with Crippen LogP contribution in [0.5, 0.6) is 0 Å². The molecule has 2 fully saturated rings. The number of morpholine rings is 1. The number of thiazole rings is 1. The Labute approximate surface area is 140 Å². The van der Waals surface area contributed by atoms with Crippen LogP contribution in [0.15, 0.2) is 24.3 Å². The highest BCUT2D eigenvalue weighted by Gasteiger charge is 2.47. The van der Waals surface area contributed by atoms with Gasteiger partial charge in [-0.3, -0.25) is 4.79 Å². The molecule has 1 aromatic heterocycles. The van der Waals surface area contributed by atoms with E-state index in [0.29, 0.717) is 18.1 Å². The number of nitrogens with zero attached hydrogens (tertiary/aromatic N) is 2. The molecule has 1 spiro atoms. The van der Waals surface area contributed by atoms with Crippen molar-refractivity contribution >= 4 is 27.5 Å². The van der Waals surface area contributed by atoms with Crippen LogP contribution in [0.3, 0.4) is 0 Å². The molecular weight excluding hydrogens is 308 g/mol. The van der Waals surface area contributed by atoms with E-state index in [4.69, 9.17) is 4.74 Å². The average molecular weight is 330 g/mol. The highest BCUT2D eigenvalue weighted by Crippen LogP contribution is 2.41. The summed E-state index contributed by atoms with van der Waals surface area (Å²) in [7, 11) is 0. The minimum absolute atomic E-state index is 0.0499. The van der Waals surface area contributed by atoms with Crippen molar-refractivity contribution in [3.05, 3.63) is 29.3 Å². The molecule has 0 bridgehead atoms. The topological polar surface area (TPSA) is 42.4 Å². The highest BCUT2D eigenvalue weighted by molar-refractivity contribution is 7.20. The van der Waals surface area contributed by atoms with Gasteiger partial charge in [-0.2, -0.15) is 0 Å². The first kappa shape index (κ1) is 15.1. The van der Waals surface area contributed by atoms with Gasteiger partial charge in [0.2, 0.25) is 0 Å². The second-order valence-corrected chi connectivity index (χ2v) is 8.43. The van der Waals surface area contributed by atoms with Crippen LogP contribution in [0.2, 0.25) is 0 Å². The largest absolute Gasteiger partial charge is 0.365 e. The monoisotopic (exact) mass is 330 g/mol. The first-order valence-electron chi connectivity index (χ1n) is 8.32. The van der Waals surface area contributed by atoms with Gasteiger partial charge in [-0.05, 0) is 38.8 Å². The predicted molar refractivity (Wildman–Crippen MR) is 91.9 cm³/mol. The number of benzene rings is 1. The van der Waals surface area contributed by atoms with Gasteiger partial charge in [-0.25, -0.2) is 4.98 Å². The Hall–Kier alpha value is -1.46. The zero-order valence-corrected chi connectivity index (χ0v) is 14.5. The van der Waals surface area contributed by atoms with E-state index in [9.17, 15) is 4.79 Å². The Morgan fingerprint density at radius 2 is 1.96 bits per heavy atom. The molecule has 1 amide bonds. The number of hydrogen-bond donors (Lipinski definition) is 0. The lowest BCUT2D eigenvalue weighted by molar-refractivity contribution is -0.184. The number of carbonyl (C=O) groups is 1. The van der Waals surface area contributed by atoms with Gasteiger partial charge >= 0.3 is 0 Å². The molecule has 0 N–H and O–H groups in total. The van der Waals surface area contributed by atoms with E-state index in [1.807, 2.05) is 29.2 Å². The lowest BCUT2D eigenvalue weighted by Crippen LogP contribution is -2.60. The van der Waals surface area contributed by atoms with Crippen LogP contribution < -0.4 is 0 Å². The molecule has 1 aliphatic heterocycles. The summed E-state index contributed by atoms with van der Waals surface area (Å²) in [6.07, 6.45) is 4.50. The van der Waals surface area contributed by atoms with E-state index in [2.05, 4.69) is 18.8 Å². The number of carbonyl (C=O) groups excluding carboxylic acids is 1. The van der Waals surface area contributed by atoms with Crippen molar-refractivity contribution < 1.29 is 9.53 Å². The third kappa shape index (κ3) is 2.76. The minimum atomic E-state index is -0.297. The van der Waals surface area contributed by atoms with E-state index < -0.39 is 0 Å². The normalized spacial score (nSPS) is 22.8. The number of rotatable bonds is 1. The summed E-state index contributed by atoms with van der Waals surface area (Å²) < 4.78 is 7.46. The summed E-state index contributed by atoms with van der Waals surface area (Å²) in [5, 5.41) is 0.594. The van der Waals surface area contributed by atoms with Gasteiger partial charge in [0, 0.05) is 6.54 Å². The number of para-hydroxylation sites is 1. The van der Waals surface area contributed by atoms with E-state index in [1.54, 1.807) is 0 Å². The standard InChI is InChI=1S/C18H22N2O2S/c1-17(2)11-20(12-18(22-17)9-5-6-10-18)16(21)15-19-13-7-3-4-8-14(13)23-15/h3-4,7-8H,5-6,9-12H2,1-2H3. The molecule has 1 aromatic carbocycles. The lowest BCUT2D eigenvalue weighted by atomic mass is 9.94. The second-order valence-electron chi connectivity index (χ2n) is 7.40. The summed E-state index contributed by atoms with van der Waals surface area (Å²) in [5.41, 5.74) is 0.465. The van der Waals surface area contributed by atoms with Crippen molar-refractivity contribution in [2.75, 3.05) is 13.1 Å². The van der Waals surface area contributed by atoms with Crippen molar-refractivity contribution in [2.24, 2.45) is 0 Å². The molecule has 2 heterocycles. The maximum atomic E-state index is 13.0. The first-order valence-corrected chi connectivity index (χ1v) is 9.13. The zero-order chi connectivity index (χ0) is 16.1. The van der Waals surface area contributed by atoms with Crippen molar-refractivity contribution in [1.29, 1.82) is 0 Å². The van der Waals surface area contributed by atoms with Gasteiger partial charge in [0.05, 0.1) is 28.0 Å². The van der Waals surface area contributed by atoms with E-state index >= 15 is 0 Å². The SMILES string of the molecule is CC1(C)CN(C(=O)c2nc3ccccc3s2)CC2(CCCC2)O1. The fraction of sp³-hybridized carbons (Fsp3) is 0.556.